The second-order valence-corrected chi connectivity index (χ2v) is 7.42. The van der Waals surface area contributed by atoms with Gasteiger partial charge in [-0.1, -0.05) is 26.0 Å². The Morgan fingerprint density at radius 2 is 2.04 bits per heavy atom. The van der Waals surface area contributed by atoms with Gasteiger partial charge in [0.15, 0.2) is 5.96 Å². The normalized spacial score (nSPS) is 19.2. The first kappa shape index (κ1) is 19.7. The van der Waals surface area contributed by atoms with E-state index in [2.05, 4.69) is 34.4 Å². The van der Waals surface area contributed by atoms with Crippen LogP contribution in [-0.2, 0) is 6.42 Å². The van der Waals surface area contributed by atoms with Gasteiger partial charge < -0.3 is 15.5 Å². The van der Waals surface area contributed by atoms with Gasteiger partial charge in [-0.25, -0.2) is 4.39 Å². The van der Waals surface area contributed by atoms with Crippen LogP contribution in [0.1, 0.15) is 32.3 Å². The summed E-state index contributed by atoms with van der Waals surface area (Å²) < 4.78 is 12.9. The Labute approximate surface area is 151 Å². The number of guanidine groups is 1. The molecule has 1 unspecified atom stereocenters. The molecule has 1 aromatic rings. The fourth-order valence-corrected chi connectivity index (χ4v) is 3.44. The van der Waals surface area contributed by atoms with Crippen molar-refractivity contribution in [3.05, 3.63) is 35.6 Å². The smallest absolute Gasteiger partial charge is 0.190 e. The molecule has 1 saturated heterocycles. The fourth-order valence-electron chi connectivity index (χ4n) is 3.44. The first-order chi connectivity index (χ1) is 12.1. The summed E-state index contributed by atoms with van der Waals surface area (Å²) in [6.07, 6.45) is 3.43. The standard InChI is InChI=1S/C20H33FN4/c1-16(2)14-25-12-4-5-18(15-25)13-24-20(22-3)23-11-10-17-6-8-19(21)9-7-17/h6-9,16,18H,4-5,10-15H2,1-3H3,(H2,22,23,24). The van der Waals surface area contributed by atoms with Crippen molar-refractivity contribution in [2.24, 2.45) is 16.8 Å². The molecule has 0 aromatic heterocycles. The highest BCUT2D eigenvalue weighted by atomic mass is 19.1. The molecule has 1 aliphatic heterocycles. The third kappa shape index (κ3) is 7.43. The summed E-state index contributed by atoms with van der Waals surface area (Å²) in [6.45, 7) is 9.93. The molecule has 1 atom stereocenters. The summed E-state index contributed by atoms with van der Waals surface area (Å²) in [5, 5.41) is 6.81. The number of nitrogens with one attached hydrogen (secondary N) is 2. The average molecular weight is 349 g/mol. The van der Waals surface area contributed by atoms with Crippen LogP contribution in [0.3, 0.4) is 0 Å². The van der Waals surface area contributed by atoms with Gasteiger partial charge in [-0.15, -0.1) is 0 Å². The molecule has 1 fully saturated rings. The first-order valence-corrected chi connectivity index (χ1v) is 9.48. The number of hydrogen-bond acceptors (Lipinski definition) is 2. The highest BCUT2D eigenvalue weighted by Crippen LogP contribution is 2.16. The van der Waals surface area contributed by atoms with E-state index >= 15 is 0 Å². The van der Waals surface area contributed by atoms with E-state index in [4.69, 9.17) is 0 Å². The lowest BCUT2D eigenvalue weighted by Gasteiger charge is -2.34. The van der Waals surface area contributed by atoms with Crippen molar-refractivity contribution >= 4 is 5.96 Å². The molecule has 140 valence electrons. The maximum Gasteiger partial charge on any atom is 0.190 e. The van der Waals surface area contributed by atoms with Crippen LogP contribution in [0.15, 0.2) is 29.3 Å². The molecule has 1 aromatic carbocycles. The molecule has 5 heteroatoms. The predicted octanol–water partition coefficient (Wildman–Crippen LogP) is 2.90. The van der Waals surface area contributed by atoms with E-state index in [0.29, 0.717) is 5.92 Å². The van der Waals surface area contributed by atoms with Crippen LogP contribution in [0.5, 0.6) is 0 Å². The van der Waals surface area contributed by atoms with Crippen LogP contribution < -0.4 is 10.6 Å². The average Bonchev–Trinajstić information content (AvgIpc) is 2.59. The number of aliphatic imine (C=N–C) groups is 1. The molecule has 1 aliphatic rings. The summed E-state index contributed by atoms with van der Waals surface area (Å²) in [7, 11) is 1.80. The Bertz CT molecular complexity index is 527. The minimum Gasteiger partial charge on any atom is -0.356 e. The number of benzene rings is 1. The van der Waals surface area contributed by atoms with Crippen molar-refractivity contribution in [1.29, 1.82) is 0 Å². The zero-order valence-corrected chi connectivity index (χ0v) is 15.9. The summed E-state index contributed by atoms with van der Waals surface area (Å²) in [4.78, 5) is 6.89. The molecule has 4 nitrogen and oxygen atoms in total. The SMILES string of the molecule is CN=C(NCCc1ccc(F)cc1)NCC1CCCN(CC(C)C)C1. The molecule has 2 rings (SSSR count). The van der Waals surface area contributed by atoms with E-state index in [1.165, 1.54) is 44.6 Å². The predicted molar refractivity (Wildman–Crippen MR) is 103 cm³/mol. The molecule has 1 heterocycles. The van der Waals surface area contributed by atoms with E-state index in [0.717, 1.165) is 37.0 Å². The van der Waals surface area contributed by atoms with Crippen LogP contribution in [-0.4, -0.2) is 50.6 Å². The van der Waals surface area contributed by atoms with Gasteiger partial charge in [0.25, 0.3) is 0 Å². The number of nitrogens with zero attached hydrogens (tertiary/aromatic N) is 2. The van der Waals surface area contributed by atoms with Gasteiger partial charge >= 0.3 is 0 Å². The molecular formula is C20H33FN4. The summed E-state index contributed by atoms with van der Waals surface area (Å²) >= 11 is 0. The highest BCUT2D eigenvalue weighted by Gasteiger charge is 2.20. The molecule has 0 saturated carbocycles. The van der Waals surface area contributed by atoms with Gasteiger partial charge in [-0.05, 0) is 55.3 Å². The van der Waals surface area contributed by atoms with Gasteiger partial charge in [-0.3, -0.25) is 4.99 Å². The van der Waals surface area contributed by atoms with E-state index in [-0.39, 0.29) is 5.82 Å². The number of halogens is 1. The minimum atomic E-state index is -0.187. The Balaban J connectivity index is 1.68. The van der Waals surface area contributed by atoms with E-state index < -0.39 is 0 Å². The van der Waals surface area contributed by atoms with Crippen molar-refractivity contribution in [2.75, 3.05) is 39.8 Å². The Hall–Kier alpha value is -1.62. The molecule has 0 bridgehead atoms. The first-order valence-electron chi connectivity index (χ1n) is 9.48. The number of hydrogen-bond donors (Lipinski definition) is 2. The number of rotatable bonds is 7. The van der Waals surface area contributed by atoms with E-state index in [1.54, 1.807) is 7.05 Å². The molecule has 0 amide bonds. The zero-order valence-electron chi connectivity index (χ0n) is 15.9. The van der Waals surface area contributed by atoms with Crippen molar-refractivity contribution < 1.29 is 4.39 Å². The van der Waals surface area contributed by atoms with Crippen molar-refractivity contribution in [3.8, 4) is 0 Å². The number of piperidine rings is 1. The van der Waals surface area contributed by atoms with Gasteiger partial charge in [0.1, 0.15) is 5.82 Å². The lowest BCUT2D eigenvalue weighted by molar-refractivity contribution is 0.159. The van der Waals surface area contributed by atoms with E-state index in [9.17, 15) is 4.39 Å². The maximum atomic E-state index is 12.9. The second-order valence-electron chi connectivity index (χ2n) is 7.42. The Morgan fingerprint density at radius 1 is 1.28 bits per heavy atom. The summed E-state index contributed by atoms with van der Waals surface area (Å²) in [6, 6.07) is 6.68. The van der Waals surface area contributed by atoms with Crippen LogP contribution in [0.2, 0.25) is 0 Å². The number of likely N-dealkylation sites (tertiary alicyclic amines) is 1. The highest BCUT2D eigenvalue weighted by molar-refractivity contribution is 5.79. The fraction of sp³-hybridized carbons (Fsp3) is 0.650. The van der Waals surface area contributed by atoms with Crippen molar-refractivity contribution in [3.63, 3.8) is 0 Å². The molecule has 0 aliphatic carbocycles. The Kier molecular flexibility index (Phi) is 8.19. The van der Waals surface area contributed by atoms with Crippen LogP contribution in [0.4, 0.5) is 4.39 Å². The minimum absolute atomic E-state index is 0.187. The van der Waals surface area contributed by atoms with Gasteiger partial charge in [-0.2, -0.15) is 0 Å². The molecule has 0 radical (unpaired) electrons. The van der Waals surface area contributed by atoms with Gasteiger partial charge in [0.05, 0.1) is 0 Å². The zero-order chi connectivity index (χ0) is 18.1. The molecule has 25 heavy (non-hydrogen) atoms. The van der Waals surface area contributed by atoms with Crippen LogP contribution >= 0.6 is 0 Å². The summed E-state index contributed by atoms with van der Waals surface area (Å²) in [5.74, 6) is 2.08. The third-order valence-electron chi connectivity index (χ3n) is 4.63. The Morgan fingerprint density at radius 3 is 2.72 bits per heavy atom. The van der Waals surface area contributed by atoms with Crippen LogP contribution in [0, 0.1) is 17.7 Å². The van der Waals surface area contributed by atoms with E-state index in [1.807, 2.05) is 12.1 Å². The lowest BCUT2D eigenvalue weighted by Crippen LogP contribution is -2.45. The molecular weight excluding hydrogens is 315 g/mol. The van der Waals surface area contributed by atoms with Crippen molar-refractivity contribution in [1.82, 2.24) is 15.5 Å². The quantitative estimate of drug-likeness (QED) is 0.588. The maximum absolute atomic E-state index is 12.9. The monoisotopic (exact) mass is 348 g/mol. The topological polar surface area (TPSA) is 39.7 Å². The molecule has 2 N–H and O–H groups in total. The molecule has 0 spiro atoms. The van der Waals surface area contributed by atoms with Crippen LogP contribution in [0.25, 0.3) is 0 Å². The third-order valence-corrected chi connectivity index (χ3v) is 4.63. The van der Waals surface area contributed by atoms with Gasteiger partial charge in [0, 0.05) is 33.2 Å². The second kappa shape index (κ2) is 10.4. The van der Waals surface area contributed by atoms with Crippen molar-refractivity contribution in [2.45, 2.75) is 33.1 Å². The largest absolute Gasteiger partial charge is 0.356 e. The van der Waals surface area contributed by atoms with Gasteiger partial charge in [0.2, 0.25) is 0 Å². The lowest BCUT2D eigenvalue weighted by atomic mass is 9.97. The summed E-state index contributed by atoms with van der Waals surface area (Å²) in [5.41, 5.74) is 1.13.